The number of imidazole rings is 1. The molecular formula is C29H26F4N4O5. The van der Waals surface area contributed by atoms with Crippen molar-refractivity contribution in [2.75, 3.05) is 13.2 Å². The van der Waals surface area contributed by atoms with Crippen molar-refractivity contribution in [2.24, 2.45) is 5.92 Å². The number of aromatic nitrogens is 4. The van der Waals surface area contributed by atoms with Crippen LogP contribution in [0.25, 0.3) is 11.1 Å². The van der Waals surface area contributed by atoms with E-state index in [2.05, 4.69) is 10.1 Å². The van der Waals surface area contributed by atoms with Gasteiger partial charge in [-0.3, -0.25) is 9.48 Å². The van der Waals surface area contributed by atoms with Crippen LogP contribution in [0.3, 0.4) is 0 Å². The minimum absolute atomic E-state index is 0.0353. The maximum Gasteiger partial charge on any atom is 0.435 e. The van der Waals surface area contributed by atoms with E-state index in [1.54, 1.807) is 42.9 Å². The Morgan fingerprint density at radius 3 is 2.60 bits per heavy atom. The van der Waals surface area contributed by atoms with Crippen LogP contribution < -0.4 is 9.47 Å². The monoisotopic (exact) mass is 586 g/mol. The van der Waals surface area contributed by atoms with Gasteiger partial charge in [0.15, 0.2) is 29.7 Å². The van der Waals surface area contributed by atoms with Crippen molar-refractivity contribution in [2.45, 2.75) is 39.5 Å². The first-order valence-corrected chi connectivity index (χ1v) is 13.0. The fraction of sp³-hybridized carbons (Fsp3) is 0.310. The summed E-state index contributed by atoms with van der Waals surface area (Å²) in [5.41, 5.74) is 0.00132. The zero-order valence-electron chi connectivity index (χ0n) is 22.6. The minimum Gasteiger partial charge on any atom is -0.491 e. The number of nitrogens with zero attached hydrogens (tertiary/aromatic N) is 4. The number of aryl methyl sites for hydroxylation is 2. The summed E-state index contributed by atoms with van der Waals surface area (Å²) in [5, 5.41) is 12.6. The smallest absolute Gasteiger partial charge is 0.435 e. The van der Waals surface area contributed by atoms with Crippen LogP contribution in [0.2, 0.25) is 0 Å². The molecule has 2 aromatic heterocycles. The highest BCUT2D eigenvalue weighted by Gasteiger charge is 2.40. The average molecular weight is 587 g/mol. The first-order chi connectivity index (χ1) is 19.9. The number of halogens is 4. The van der Waals surface area contributed by atoms with Gasteiger partial charge in [-0.1, -0.05) is 6.07 Å². The number of carboxylic acids is 1. The van der Waals surface area contributed by atoms with Crippen molar-refractivity contribution in [3.63, 3.8) is 0 Å². The molecule has 0 bridgehead atoms. The van der Waals surface area contributed by atoms with Crippen molar-refractivity contribution in [3.05, 3.63) is 82.9 Å². The lowest BCUT2D eigenvalue weighted by Gasteiger charge is -2.27. The van der Waals surface area contributed by atoms with Crippen molar-refractivity contribution in [1.29, 1.82) is 0 Å². The van der Waals surface area contributed by atoms with E-state index in [1.807, 2.05) is 0 Å². The zero-order chi connectivity index (χ0) is 30.2. The second-order valence-corrected chi connectivity index (χ2v) is 9.89. The van der Waals surface area contributed by atoms with Gasteiger partial charge in [0.25, 0.3) is 0 Å². The molecule has 1 atom stereocenters. The summed E-state index contributed by atoms with van der Waals surface area (Å²) in [6, 6.07) is 7.06. The molecule has 1 aliphatic heterocycles. The molecule has 5 rings (SSSR count). The lowest BCUT2D eigenvalue weighted by molar-refractivity contribution is -0.141. The molecule has 0 aliphatic carbocycles. The van der Waals surface area contributed by atoms with Gasteiger partial charge in [-0.25, -0.2) is 14.2 Å². The second-order valence-electron chi connectivity index (χ2n) is 9.89. The molecule has 4 aromatic rings. The number of carbonyl (C=O) groups excluding carboxylic acids is 1. The van der Waals surface area contributed by atoms with Gasteiger partial charge in [0, 0.05) is 42.8 Å². The summed E-state index contributed by atoms with van der Waals surface area (Å²) >= 11 is 0. The van der Waals surface area contributed by atoms with Gasteiger partial charge in [0.05, 0.1) is 18.1 Å². The minimum atomic E-state index is -4.75. The number of benzene rings is 2. The molecule has 2 aromatic carbocycles. The molecule has 220 valence electrons. The highest BCUT2D eigenvalue weighted by atomic mass is 19.4. The Bertz CT molecular complexity index is 1660. The van der Waals surface area contributed by atoms with Crippen molar-refractivity contribution in [1.82, 2.24) is 19.3 Å². The maximum absolute atomic E-state index is 14.1. The molecule has 0 saturated carbocycles. The van der Waals surface area contributed by atoms with Crippen LogP contribution in [-0.4, -0.2) is 49.4 Å². The van der Waals surface area contributed by atoms with E-state index in [-0.39, 0.29) is 60.1 Å². The number of ether oxygens (including phenoxy) is 2. The van der Waals surface area contributed by atoms with Gasteiger partial charge < -0.3 is 19.1 Å². The lowest BCUT2D eigenvalue weighted by atomic mass is 9.86. The largest absolute Gasteiger partial charge is 0.491 e. The third-order valence-corrected chi connectivity index (χ3v) is 6.96. The molecule has 0 radical (unpaired) electrons. The number of ketones is 1. The predicted octanol–water partition coefficient (Wildman–Crippen LogP) is 5.18. The van der Waals surface area contributed by atoms with Crippen molar-refractivity contribution in [3.8, 4) is 22.6 Å². The quantitative estimate of drug-likeness (QED) is 0.269. The average Bonchev–Trinajstić information content (AvgIpc) is 3.56. The molecule has 3 heterocycles. The van der Waals surface area contributed by atoms with E-state index in [1.165, 1.54) is 23.0 Å². The van der Waals surface area contributed by atoms with Gasteiger partial charge in [0.1, 0.15) is 11.6 Å². The van der Waals surface area contributed by atoms with Crippen LogP contribution in [0.15, 0.2) is 48.9 Å². The summed E-state index contributed by atoms with van der Waals surface area (Å²) in [4.78, 5) is 28.8. The molecular weight excluding hydrogens is 560 g/mol. The van der Waals surface area contributed by atoms with E-state index < -0.39 is 36.2 Å². The van der Waals surface area contributed by atoms with Crippen LogP contribution in [0.5, 0.6) is 11.5 Å². The molecule has 0 spiro atoms. The number of alkyl halides is 3. The Labute approximate surface area is 237 Å². The summed E-state index contributed by atoms with van der Waals surface area (Å²) < 4.78 is 70.3. The number of carboxylic acid groups (broad SMARTS) is 1. The van der Waals surface area contributed by atoms with Gasteiger partial charge in [-0.05, 0) is 55.7 Å². The Hall–Kier alpha value is -4.68. The third kappa shape index (κ3) is 5.85. The normalized spacial score (nSPS) is 14.9. The van der Waals surface area contributed by atoms with E-state index >= 15 is 0 Å². The van der Waals surface area contributed by atoms with Crippen LogP contribution in [0.1, 0.15) is 39.9 Å². The predicted molar refractivity (Wildman–Crippen MR) is 141 cm³/mol. The molecule has 0 amide bonds. The molecule has 0 saturated heterocycles. The Kier molecular flexibility index (Phi) is 7.76. The van der Waals surface area contributed by atoms with E-state index in [4.69, 9.17) is 14.6 Å². The third-order valence-electron chi connectivity index (χ3n) is 6.96. The maximum atomic E-state index is 14.1. The highest BCUT2D eigenvalue weighted by molar-refractivity contribution is 6.04. The first kappa shape index (κ1) is 28.8. The summed E-state index contributed by atoms with van der Waals surface area (Å²) in [6.07, 6.45) is -0.0250. The summed E-state index contributed by atoms with van der Waals surface area (Å²) in [7, 11) is 0. The summed E-state index contributed by atoms with van der Waals surface area (Å²) in [5.74, 6) is -2.68. The van der Waals surface area contributed by atoms with Gasteiger partial charge in [0.2, 0.25) is 0 Å². The number of Topliss-reactive ketones (excluding diaryl/α,β-unsaturated/α-hetero) is 1. The van der Waals surface area contributed by atoms with Crippen molar-refractivity contribution >= 4 is 11.8 Å². The lowest BCUT2D eigenvalue weighted by Crippen LogP contribution is -2.30. The molecule has 1 N–H and O–H groups in total. The number of rotatable bonds is 9. The number of aliphatic carboxylic acids is 1. The van der Waals surface area contributed by atoms with Crippen LogP contribution in [0, 0.1) is 18.7 Å². The van der Waals surface area contributed by atoms with Crippen molar-refractivity contribution < 1.29 is 41.7 Å². The Morgan fingerprint density at radius 1 is 1.17 bits per heavy atom. The van der Waals surface area contributed by atoms with Gasteiger partial charge >= 0.3 is 12.1 Å². The highest BCUT2D eigenvalue weighted by Crippen LogP contribution is 2.44. The SMILES string of the molecule is CCn1cc(-c2cc(Cn3ccnc3C)cc3c2OC[C@H](Cc2ccc(F)c(OCC(=O)O)c2)C3=O)c(C(F)(F)F)n1. The Balaban J connectivity index is 1.55. The van der Waals surface area contributed by atoms with Gasteiger partial charge in [-0.15, -0.1) is 0 Å². The van der Waals surface area contributed by atoms with Crippen LogP contribution in [-0.2, 0) is 30.5 Å². The molecule has 0 fully saturated rings. The zero-order valence-corrected chi connectivity index (χ0v) is 22.6. The van der Waals surface area contributed by atoms with Crippen LogP contribution in [0.4, 0.5) is 17.6 Å². The number of carbonyl (C=O) groups is 2. The topological polar surface area (TPSA) is 108 Å². The number of fused-ring (bicyclic) bond motifs is 1. The molecule has 1 aliphatic rings. The summed E-state index contributed by atoms with van der Waals surface area (Å²) in [6.45, 7) is 3.03. The fourth-order valence-corrected chi connectivity index (χ4v) is 4.92. The van der Waals surface area contributed by atoms with E-state index in [0.29, 0.717) is 17.0 Å². The molecule has 0 unspecified atom stereocenters. The van der Waals surface area contributed by atoms with Gasteiger partial charge in [-0.2, -0.15) is 18.3 Å². The first-order valence-electron chi connectivity index (χ1n) is 13.0. The standard InChI is InChI=1S/C29H26F4N4O5/c1-3-37-13-22(28(35-37)29(31,32)33)20-9-18(12-36-7-6-34-16(36)2)10-21-26(40)19(14-42-27(20)21)8-17-4-5-23(30)24(11-17)41-15-25(38)39/h4-7,9-11,13,19H,3,8,12,14-15H2,1-2H3,(H,38,39)/t19-/m0/s1. The number of hydrogen-bond acceptors (Lipinski definition) is 6. The number of hydrogen-bond donors (Lipinski definition) is 1. The molecule has 13 heteroatoms. The van der Waals surface area contributed by atoms with E-state index in [9.17, 15) is 27.2 Å². The fourth-order valence-electron chi connectivity index (χ4n) is 4.92. The Morgan fingerprint density at radius 2 is 1.93 bits per heavy atom. The van der Waals surface area contributed by atoms with E-state index in [0.717, 1.165) is 6.07 Å². The van der Waals surface area contributed by atoms with Crippen LogP contribution >= 0.6 is 0 Å². The molecule has 42 heavy (non-hydrogen) atoms. The molecule has 9 nitrogen and oxygen atoms in total. The second kappa shape index (κ2) is 11.3.